The molecule has 0 saturated carbocycles. The predicted octanol–water partition coefficient (Wildman–Crippen LogP) is 3.82. The van der Waals surface area contributed by atoms with E-state index in [4.69, 9.17) is 10.00 Å². The molecule has 0 N–H and O–H groups in total. The van der Waals surface area contributed by atoms with Crippen LogP contribution in [0.3, 0.4) is 0 Å². The third-order valence-electron chi connectivity index (χ3n) is 2.26. The van der Waals surface area contributed by atoms with E-state index < -0.39 is 6.36 Å². The van der Waals surface area contributed by atoms with E-state index in [1.807, 2.05) is 13.0 Å². The van der Waals surface area contributed by atoms with Gasteiger partial charge >= 0.3 is 6.36 Å². The molecule has 0 aromatic rings. The van der Waals surface area contributed by atoms with Gasteiger partial charge in [0.2, 0.25) is 0 Å². The number of alkyl halides is 3. The Labute approximate surface area is 109 Å². The van der Waals surface area contributed by atoms with Gasteiger partial charge in [0, 0.05) is 12.3 Å². The minimum Gasteiger partial charge on any atom is -0.494 e. The van der Waals surface area contributed by atoms with E-state index in [-0.39, 0.29) is 11.7 Å². The van der Waals surface area contributed by atoms with Crippen molar-refractivity contribution < 1.29 is 22.6 Å². The van der Waals surface area contributed by atoms with E-state index in [2.05, 4.69) is 4.74 Å². The molecule has 0 saturated heterocycles. The van der Waals surface area contributed by atoms with Gasteiger partial charge in [-0.1, -0.05) is 6.92 Å². The van der Waals surface area contributed by atoms with Gasteiger partial charge in [-0.15, -0.1) is 13.2 Å². The van der Waals surface area contributed by atoms with Crippen LogP contribution in [0.25, 0.3) is 0 Å². The first-order chi connectivity index (χ1) is 8.90. The fourth-order valence-corrected chi connectivity index (χ4v) is 1.36. The Bertz CT molecular complexity index is 430. The molecule has 0 aromatic carbocycles. The standard InChI is InChI=1S/C13H14F3NO2/c1-10(7-8-17)9-18-11-3-2-4-12(6-5-11)19-13(14,15)16/h3-6,10H,2,7,9H2,1H3. The molecule has 0 heterocycles. The number of ether oxygens (including phenoxy) is 2. The zero-order chi connectivity index (χ0) is 14.3. The summed E-state index contributed by atoms with van der Waals surface area (Å²) in [7, 11) is 0. The first-order valence-corrected chi connectivity index (χ1v) is 5.74. The van der Waals surface area contributed by atoms with Crippen LogP contribution < -0.4 is 0 Å². The average Bonchev–Trinajstić information content (AvgIpc) is 2.50. The molecule has 1 rings (SSSR count). The van der Waals surface area contributed by atoms with Crippen molar-refractivity contribution >= 4 is 0 Å². The largest absolute Gasteiger partial charge is 0.573 e. The molecule has 1 aliphatic rings. The van der Waals surface area contributed by atoms with Crippen molar-refractivity contribution in [3.8, 4) is 6.07 Å². The van der Waals surface area contributed by atoms with Gasteiger partial charge in [0.15, 0.2) is 0 Å². The molecule has 0 spiro atoms. The third-order valence-corrected chi connectivity index (χ3v) is 2.26. The van der Waals surface area contributed by atoms with E-state index in [1.165, 1.54) is 18.2 Å². The van der Waals surface area contributed by atoms with Crippen LogP contribution in [0.2, 0.25) is 0 Å². The maximum absolute atomic E-state index is 12.0. The van der Waals surface area contributed by atoms with Crippen molar-refractivity contribution in [1.82, 2.24) is 0 Å². The van der Waals surface area contributed by atoms with Crippen molar-refractivity contribution in [3.63, 3.8) is 0 Å². The van der Waals surface area contributed by atoms with E-state index in [1.54, 1.807) is 6.08 Å². The van der Waals surface area contributed by atoms with Gasteiger partial charge in [-0.05, 0) is 30.7 Å². The number of halogens is 3. The summed E-state index contributed by atoms with van der Waals surface area (Å²) in [6, 6.07) is 2.03. The predicted molar refractivity (Wildman–Crippen MR) is 62.4 cm³/mol. The van der Waals surface area contributed by atoms with Gasteiger partial charge in [0.05, 0.1) is 12.7 Å². The molecule has 104 valence electrons. The zero-order valence-electron chi connectivity index (χ0n) is 10.4. The maximum Gasteiger partial charge on any atom is 0.573 e. The van der Waals surface area contributed by atoms with Crippen LogP contribution in [0.4, 0.5) is 13.2 Å². The SMILES string of the molecule is CC(CC#N)COC1=CCC=C(OC(F)(F)F)C=C1. The number of rotatable bonds is 5. The van der Waals surface area contributed by atoms with Crippen LogP contribution in [0.5, 0.6) is 0 Å². The Morgan fingerprint density at radius 2 is 1.95 bits per heavy atom. The Hall–Kier alpha value is -1.90. The smallest absolute Gasteiger partial charge is 0.494 e. The average molecular weight is 273 g/mol. The molecule has 1 unspecified atom stereocenters. The quantitative estimate of drug-likeness (QED) is 0.764. The van der Waals surface area contributed by atoms with Crippen molar-refractivity contribution in [2.75, 3.05) is 6.61 Å². The highest BCUT2D eigenvalue weighted by Gasteiger charge is 2.31. The molecule has 0 fully saturated rings. The van der Waals surface area contributed by atoms with Crippen molar-refractivity contribution in [2.45, 2.75) is 26.1 Å². The number of nitrogens with zero attached hydrogens (tertiary/aromatic N) is 1. The first kappa shape index (κ1) is 15.2. The summed E-state index contributed by atoms with van der Waals surface area (Å²) in [5, 5.41) is 8.50. The topological polar surface area (TPSA) is 42.2 Å². The van der Waals surface area contributed by atoms with Gasteiger partial charge in [-0.25, -0.2) is 0 Å². The summed E-state index contributed by atoms with van der Waals surface area (Å²) >= 11 is 0. The van der Waals surface area contributed by atoms with E-state index in [0.29, 0.717) is 25.2 Å². The Morgan fingerprint density at radius 3 is 2.58 bits per heavy atom. The lowest BCUT2D eigenvalue weighted by atomic mass is 10.1. The Morgan fingerprint density at radius 1 is 1.32 bits per heavy atom. The Kier molecular flexibility index (Phi) is 5.49. The van der Waals surface area contributed by atoms with Crippen LogP contribution in [0.1, 0.15) is 19.8 Å². The van der Waals surface area contributed by atoms with Crippen molar-refractivity contribution in [2.24, 2.45) is 5.92 Å². The second-order valence-corrected chi connectivity index (χ2v) is 4.11. The van der Waals surface area contributed by atoms with Crippen LogP contribution in [0, 0.1) is 17.2 Å². The lowest BCUT2D eigenvalue weighted by Crippen LogP contribution is -2.11. The van der Waals surface area contributed by atoms with Gasteiger partial charge in [-0.2, -0.15) is 5.26 Å². The highest BCUT2D eigenvalue weighted by atomic mass is 19.4. The number of allylic oxidation sites excluding steroid dienone is 4. The molecule has 0 bridgehead atoms. The molecule has 3 nitrogen and oxygen atoms in total. The van der Waals surface area contributed by atoms with Crippen LogP contribution in [-0.2, 0) is 9.47 Å². The molecule has 6 heteroatoms. The van der Waals surface area contributed by atoms with Gasteiger partial charge in [-0.3, -0.25) is 0 Å². The number of hydrogen-bond acceptors (Lipinski definition) is 3. The molecule has 1 aliphatic carbocycles. The summed E-state index contributed by atoms with van der Waals surface area (Å²) in [6.45, 7) is 2.21. The summed E-state index contributed by atoms with van der Waals surface area (Å²) in [6.07, 6.45) is 1.58. The van der Waals surface area contributed by atoms with Gasteiger partial charge < -0.3 is 9.47 Å². The fraction of sp³-hybridized carbons (Fsp3) is 0.462. The van der Waals surface area contributed by atoms with E-state index in [9.17, 15) is 13.2 Å². The molecule has 19 heavy (non-hydrogen) atoms. The molecule has 0 amide bonds. The first-order valence-electron chi connectivity index (χ1n) is 5.74. The van der Waals surface area contributed by atoms with E-state index in [0.717, 1.165) is 0 Å². The molecule has 1 atom stereocenters. The third kappa shape index (κ3) is 6.55. The van der Waals surface area contributed by atoms with Crippen LogP contribution >= 0.6 is 0 Å². The van der Waals surface area contributed by atoms with Gasteiger partial charge in [0.25, 0.3) is 0 Å². The number of nitriles is 1. The highest BCUT2D eigenvalue weighted by molar-refractivity contribution is 5.26. The summed E-state index contributed by atoms with van der Waals surface area (Å²) in [4.78, 5) is 0. The molecule has 0 radical (unpaired) electrons. The maximum atomic E-state index is 12.0. The normalized spacial score (nSPS) is 16.8. The van der Waals surface area contributed by atoms with Crippen LogP contribution in [0.15, 0.2) is 35.8 Å². The molecular formula is C13H14F3NO2. The minimum absolute atomic E-state index is 0.0707. The van der Waals surface area contributed by atoms with Crippen molar-refractivity contribution in [3.05, 3.63) is 35.8 Å². The fourth-order valence-electron chi connectivity index (χ4n) is 1.36. The highest BCUT2D eigenvalue weighted by Crippen LogP contribution is 2.23. The monoisotopic (exact) mass is 273 g/mol. The second-order valence-electron chi connectivity index (χ2n) is 4.11. The lowest BCUT2D eigenvalue weighted by molar-refractivity contribution is -0.303. The zero-order valence-corrected chi connectivity index (χ0v) is 10.4. The van der Waals surface area contributed by atoms with Gasteiger partial charge in [0.1, 0.15) is 11.5 Å². The molecular weight excluding hydrogens is 259 g/mol. The number of hydrogen-bond donors (Lipinski definition) is 0. The minimum atomic E-state index is -4.69. The molecule has 0 aromatic heterocycles. The Balaban J connectivity index is 2.47. The second kappa shape index (κ2) is 6.88. The molecule has 0 aliphatic heterocycles. The van der Waals surface area contributed by atoms with Crippen LogP contribution in [-0.4, -0.2) is 13.0 Å². The summed E-state index contributed by atoms with van der Waals surface area (Å²) in [5.74, 6) is 0.288. The summed E-state index contributed by atoms with van der Waals surface area (Å²) < 4.78 is 45.3. The van der Waals surface area contributed by atoms with E-state index >= 15 is 0 Å². The lowest BCUT2D eigenvalue weighted by Gasteiger charge is -2.10. The summed E-state index contributed by atoms with van der Waals surface area (Å²) in [5.41, 5.74) is 0. The van der Waals surface area contributed by atoms with Crippen molar-refractivity contribution in [1.29, 1.82) is 5.26 Å².